The van der Waals surface area contributed by atoms with Crippen molar-refractivity contribution in [3.05, 3.63) is 29.8 Å². The first kappa shape index (κ1) is 13.8. The third-order valence-corrected chi connectivity index (χ3v) is 4.32. The lowest BCUT2D eigenvalue weighted by molar-refractivity contribution is 0.502. The van der Waals surface area contributed by atoms with Crippen LogP contribution in [0, 0.1) is 0 Å². The number of nitrogens with one attached hydrogen (secondary N) is 1. The van der Waals surface area contributed by atoms with E-state index in [1.54, 1.807) is 0 Å². The average molecular weight is 264 g/mol. The number of rotatable bonds is 5. The first-order chi connectivity index (χ1) is 8.85. The molecule has 2 nitrogen and oxygen atoms in total. The van der Waals surface area contributed by atoms with Gasteiger partial charge in [-0.1, -0.05) is 25.1 Å². The van der Waals surface area contributed by atoms with Gasteiger partial charge >= 0.3 is 0 Å². The third kappa shape index (κ3) is 3.42. The minimum absolute atomic E-state index is 0.617. The Bertz CT molecular complexity index is 367. The molecule has 0 amide bonds. The molecule has 0 saturated heterocycles. The van der Waals surface area contributed by atoms with E-state index in [0.717, 1.165) is 13.1 Å². The van der Waals surface area contributed by atoms with Gasteiger partial charge in [0.15, 0.2) is 0 Å². The topological polar surface area (TPSA) is 15.3 Å². The van der Waals surface area contributed by atoms with Crippen LogP contribution in [0.4, 0.5) is 5.69 Å². The van der Waals surface area contributed by atoms with Crippen LogP contribution in [0.5, 0.6) is 0 Å². The maximum atomic E-state index is 3.66. The summed E-state index contributed by atoms with van der Waals surface area (Å²) in [4.78, 5) is 2.57. The van der Waals surface area contributed by atoms with Crippen LogP contribution in [0.3, 0.4) is 0 Å². The molecule has 0 spiro atoms. The first-order valence-electron chi connectivity index (χ1n) is 6.90. The molecule has 1 aliphatic heterocycles. The molecule has 0 saturated carbocycles. The fourth-order valence-electron chi connectivity index (χ4n) is 2.54. The average Bonchev–Trinajstić information content (AvgIpc) is 2.59. The monoisotopic (exact) mass is 264 g/mol. The molecular formula is C15H24N2S. The van der Waals surface area contributed by atoms with Crippen LogP contribution in [-0.2, 0) is 6.54 Å². The molecule has 0 fully saturated rings. The predicted molar refractivity (Wildman–Crippen MR) is 82.6 cm³/mol. The Morgan fingerprint density at radius 2 is 2.22 bits per heavy atom. The second-order valence-corrected chi connectivity index (χ2v) is 5.89. The van der Waals surface area contributed by atoms with Crippen molar-refractivity contribution in [2.24, 2.45) is 0 Å². The fourth-order valence-corrected chi connectivity index (χ4v) is 2.95. The number of benzene rings is 1. The van der Waals surface area contributed by atoms with E-state index in [2.05, 4.69) is 47.7 Å². The summed E-state index contributed by atoms with van der Waals surface area (Å²) in [6.07, 6.45) is 4.66. The van der Waals surface area contributed by atoms with Crippen molar-refractivity contribution in [2.45, 2.75) is 32.4 Å². The third-order valence-electron chi connectivity index (χ3n) is 3.62. The second kappa shape index (κ2) is 7.05. The van der Waals surface area contributed by atoms with Crippen molar-refractivity contribution in [3.8, 4) is 0 Å². The highest BCUT2D eigenvalue weighted by molar-refractivity contribution is 7.98. The molecule has 1 heterocycles. The molecule has 1 aliphatic rings. The molecular weight excluding hydrogens is 240 g/mol. The Labute approximate surface area is 115 Å². The Morgan fingerprint density at radius 3 is 3.00 bits per heavy atom. The van der Waals surface area contributed by atoms with Crippen LogP contribution in [0.25, 0.3) is 0 Å². The van der Waals surface area contributed by atoms with Crippen LogP contribution in [0.1, 0.15) is 25.3 Å². The van der Waals surface area contributed by atoms with Crippen molar-refractivity contribution >= 4 is 17.4 Å². The molecule has 0 bridgehead atoms. The normalized spacial score (nSPS) is 19.4. The van der Waals surface area contributed by atoms with Crippen molar-refractivity contribution in [2.75, 3.05) is 30.0 Å². The molecule has 2 rings (SSSR count). The van der Waals surface area contributed by atoms with E-state index in [0.29, 0.717) is 6.04 Å². The van der Waals surface area contributed by atoms with Crippen molar-refractivity contribution in [3.63, 3.8) is 0 Å². The number of nitrogens with zero attached hydrogens (tertiary/aromatic N) is 1. The number of para-hydroxylation sites is 1. The minimum Gasteiger partial charge on any atom is -0.370 e. The molecule has 1 unspecified atom stereocenters. The zero-order chi connectivity index (χ0) is 12.8. The molecule has 1 N–H and O–H groups in total. The second-order valence-electron chi connectivity index (χ2n) is 4.91. The Kier molecular flexibility index (Phi) is 5.39. The standard InChI is InChI=1S/C15H24N2S/c1-3-14-12-17(9-6-10-18-2)15-8-5-4-7-13(15)11-16-14/h4-5,7-8,14,16H,3,6,9-12H2,1-2H3. The molecule has 0 aromatic heterocycles. The summed E-state index contributed by atoms with van der Waals surface area (Å²) in [6.45, 7) is 5.60. The number of fused-ring (bicyclic) bond motifs is 1. The van der Waals surface area contributed by atoms with Gasteiger partial charge < -0.3 is 10.2 Å². The summed E-state index contributed by atoms with van der Waals surface area (Å²) in [5.41, 5.74) is 2.87. The smallest absolute Gasteiger partial charge is 0.0412 e. The van der Waals surface area contributed by atoms with E-state index in [1.165, 1.54) is 36.4 Å². The summed E-state index contributed by atoms with van der Waals surface area (Å²) in [6, 6.07) is 9.45. The van der Waals surface area contributed by atoms with Gasteiger partial charge in [-0.25, -0.2) is 0 Å². The molecule has 1 aromatic carbocycles. The lowest BCUT2D eigenvalue weighted by Crippen LogP contribution is -2.38. The largest absolute Gasteiger partial charge is 0.370 e. The van der Waals surface area contributed by atoms with Gasteiger partial charge in [-0.15, -0.1) is 0 Å². The van der Waals surface area contributed by atoms with E-state index in [-0.39, 0.29) is 0 Å². The molecule has 1 aromatic rings. The molecule has 3 heteroatoms. The molecule has 0 aliphatic carbocycles. The van der Waals surface area contributed by atoms with E-state index in [4.69, 9.17) is 0 Å². The summed E-state index contributed by atoms with van der Waals surface area (Å²) in [5.74, 6) is 1.25. The summed E-state index contributed by atoms with van der Waals surface area (Å²) in [7, 11) is 0. The minimum atomic E-state index is 0.617. The Hall–Kier alpha value is -0.670. The maximum Gasteiger partial charge on any atom is 0.0412 e. The summed E-state index contributed by atoms with van der Waals surface area (Å²) in [5, 5.41) is 3.66. The lowest BCUT2D eigenvalue weighted by atomic mass is 10.1. The Morgan fingerprint density at radius 1 is 1.39 bits per heavy atom. The van der Waals surface area contributed by atoms with E-state index < -0.39 is 0 Å². The van der Waals surface area contributed by atoms with Crippen molar-refractivity contribution in [1.82, 2.24) is 5.32 Å². The van der Waals surface area contributed by atoms with Gasteiger partial charge in [0.05, 0.1) is 0 Å². The number of hydrogen-bond acceptors (Lipinski definition) is 3. The maximum absolute atomic E-state index is 3.66. The molecule has 18 heavy (non-hydrogen) atoms. The number of thioether (sulfide) groups is 1. The van der Waals surface area contributed by atoms with Crippen LogP contribution in [0.2, 0.25) is 0 Å². The van der Waals surface area contributed by atoms with E-state index in [1.807, 2.05) is 11.8 Å². The number of hydrogen-bond donors (Lipinski definition) is 1. The SMILES string of the molecule is CCC1CN(CCCSC)c2ccccc2CN1. The fraction of sp³-hybridized carbons (Fsp3) is 0.600. The zero-order valence-corrected chi connectivity index (χ0v) is 12.3. The van der Waals surface area contributed by atoms with Crippen LogP contribution < -0.4 is 10.2 Å². The van der Waals surface area contributed by atoms with Gasteiger partial charge in [0.25, 0.3) is 0 Å². The van der Waals surface area contributed by atoms with E-state index in [9.17, 15) is 0 Å². The van der Waals surface area contributed by atoms with Gasteiger partial charge in [-0.3, -0.25) is 0 Å². The summed E-state index contributed by atoms with van der Waals surface area (Å²) >= 11 is 1.94. The highest BCUT2D eigenvalue weighted by atomic mass is 32.2. The van der Waals surface area contributed by atoms with Crippen molar-refractivity contribution < 1.29 is 0 Å². The van der Waals surface area contributed by atoms with Crippen LogP contribution >= 0.6 is 11.8 Å². The van der Waals surface area contributed by atoms with Gasteiger partial charge in [0.1, 0.15) is 0 Å². The quantitative estimate of drug-likeness (QED) is 0.823. The summed E-state index contributed by atoms with van der Waals surface area (Å²) < 4.78 is 0. The Balaban J connectivity index is 2.12. The molecule has 0 radical (unpaired) electrons. The van der Waals surface area contributed by atoms with Crippen LogP contribution in [0.15, 0.2) is 24.3 Å². The lowest BCUT2D eigenvalue weighted by Gasteiger charge is -2.27. The van der Waals surface area contributed by atoms with Crippen molar-refractivity contribution in [1.29, 1.82) is 0 Å². The number of anilines is 1. The highest BCUT2D eigenvalue weighted by Gasteiger charge is 2.19. The first-order valence-corrected chi connectivity index (χ1v) is 8.29. The predicted octanol–water partition coefficient (Wildman–Crippen LogP) is 3.13. The van der Waals surface area contributed by atoms with Gasteiger partial charge in [0, 0.05) is 31.4 Å². The van der Waals surface area contributed by atoms with E-state index >= 15 is 0 Å². The van der Waals surface area contributed by atoms with Gasteiger partial charge in [-0.05, 0) is 36.5 Å². The molecule has 1 atom stereocenters. The van der Waals surface area contributed by atoms with Gasteiger partial charge in [0.2, 0.25) is 0 Å². The molecule has 100 valence electrons. The van der Waals surface area contributed by atoms with Crippen LogP contribution in [-0.4, -0.2) is 31.1 Å². The zero-order valence-electron chi connectivity index (χ0n) is 11.5. The van der Waals surface area contributed by atoms with Gasteiger partial charge in [-0.2, -0.15) is 11.8 Å². The highest BCUT2D eigenvalue weighted by Crippen LogP contribution is 2.24.